The summed E-state index contributed by atoms with van der Waals surface area (Å²) in [5, 5.41) is 0.790. The molecule has 2 aromatic carbocycles. The molecule has 4 rings (SSSR count). The third-order valence-corrected chi connectivity index (χ3v) is 8.33. The SMILES string of the molecule is CCCCCCCC1CC[C@@H]2CC(c3cc(F)c4cc(C(=O)OC)c(F)cc4c3)CC[C@H]2C1. The first-order valence-corrected chi connectivity index (χ1v) is 13.0. The highest BCUT2D eigenvalue weighted by molar-refractivity contribution is 5.96. The Morgan fingerprint density at radius 2 is 1.67 bits per heavy atom. The van der Waals surface area contributed by atoms with Crippen molar-refractivity contribution in [1.82, 2.24) is 0 Å². The van der Waals surface area contributed by atoms with Crippen molar-refractivity contribution in [3.63, 3.8) is 0 Å². The molecule has 4 atom stereocenters. The van der Waals surface area contributed by atoms with Crippen LogP contribution in [0.5, 0.6) is 0 Å². The van der Waals surface area contributed by atoms with Crippen molar-refractivity contribution in [1.29, 1.82) is 0 Å². The zero-order chi connectivity index (χ0) is 23.4. The summed E-state index contributed by atoms with van der Waals surface area (Å²) in [5.41, 5.74) is 0.751. The van der Waals surface area contributed by atoms with E-state index in [2.05, 4.69) is 11.7 Å². The minimum atomic E-state index is -0.784. The first-order valence-electron chi connectivity index (χ1n) is 13.0. The van der Waals surface area contributed by atoms with E-state index in [1.807, 2.05) is 6.07 Å². The van der Waals surface area contributed by atoms with Crippen molar-refractivity contribution in [2.45, 2.75) is 89.9 Å². The fraction of sp³-hybridized carbons (Fsp3) is 0.621. The van der Waals surface area contributed by atoms with Crippen molar-refractivity contribution < 1.29 is 18.3 Å². The normalized spacial score (nSPS) is 25.1. The van der Waals surface area contributed by atoms with Gasteiger partial charge in [-0.15, -0.1) is 0 Å². The molecule has 2 aromatic rings. The average Bonchev–Trinajstić information content (AvgIpc) is 2.82. The van der Waals surface area contributed by atoms with E-state index in [4.69, 9.17) is 0 Å². The van der Waals surface area contributed by atoms with Gasteiger partial charge in [0.25, 0.3) is 0 Å². The van der Waals surface area contributed by atoms with E-state index in [-0.39, 0.29) is 16.8 Å². The molecule has 0 aliphatic heterocycles. The molecular formula is C29H38F2O2. The first-order chi connectivity index (χ1) is 16.0. The van der Waals surface area contributed by atoms with Crippen LogP contribution in [0, 0.1) is 29.4 Å². The van der Waals surface area contributed by atoms with E-state index >= 15 is 0 Å². The molecule has 0 amide bonds. The molecule has 0 spiro atoms. The Kier molecular flexibility index (Phi) is 8.03. The Balaban J connectivity index is 1.40. The highest BCUT2D eigenvalue weighted by Crippen LogP contribution is 2.48. The number of carbonyl (C=O) groups is 1. The van der Waals surface area contributed by atoms with Gasteiger partial charge >= 0.3 is 5.97 Å². The number of rotatable bonds is 8. The minimum absolute atomic E-state index is 0.223. The largest absolute Gasteiger partial charge is 0.465 e. The lowest BCUT2D eigenvalue weighted by Crippen LogP contribution is -2.30. The topological polar surface area (TPSA) is 26.3 Å². The van der Waals surface area contributed by atoms with E-state index in [0.717, 1.165) is 36.2 Å². The van der Waals surface area contributed by atoms with Crippen LogP contribution in [-0.2, 0) is 4.74 Å². The summed E-state index contributed by atoms with van der Waals surface area (Å²) in [5.74, 6) is 0.948. The second-order valence-corrected chi connectivity index (χ2v) is 10.5. The summed E-state index contributed by atoms with van der Waals surface area (Å²) in [6.07, 6.45) is 15.6. The quantitative estimate of drug-likeness (QED) is 0.294. The molecule has 0 radical (unpaired) electrons. The smallest absolute Gasteiger partial charge is 0.340 e. The molecule has 4 heteroatoms. The molecule has 2 fully saturated rings. The van der Waals surface area contributed by atoms with Crippen LogP contribution in [-0.4, -0.2) is 13.1 Å². The van der Waals surface area contributed by atoms with Crippen LogP contribution in [0.4, 0.5) is 8.78 Å². The highest BCUT2D eigenvalue weighted by atomic mass is 19.1. The maximum absolute atomic E-state index is 15.0. The van der Waals surface area contributed by atoms with E-state index < -0.39 is 11.8 Å². The van der Waals surface area contributed by atoms with Crippen LogP contribution in [0.2, 0.25) is 0 Å². The summed E-state index contributed by atoms with van der Waals surface area (Å²) in [7, 11) is 1.20. The molecular weight excluding hydrogens is 418 g/mol. The fourth-order valence-corrected chi connectivity index (χ4v) is 6.45. The maximum atomic E-state index is 15.0. The van der Waals surface area contributed by atoms with E-state index in [1.165, 1.54) is 83.5 Å². The second kappa shape index (κ2) is 11.0. The zero-order valence-electron chi connectivity index (χ0n) is 20.2. The molecule has 180 valence electrons. The molecule has 2 aliphatic rings. The third kappa shape index (κ3) is 5.58. The number of hydrogen-bond donors (Lipinski definition) is 0. The number of unbranched alkanes of at least 4 members (excludes halogenated alkanes) is 4. The number of hydrogen-bond acceptors (Lipinski definition) is 2. The van der Waals surface area contributed by atoms with Crippen LogP contribution in [0.25, 0.3) is 10.8 Å². The maximum Gasteiger partial charge on any atom is 0.340 e. The van der Waals surface area contributed by atoms with Crippen LogP contribution >= 0.6 is 0 Å². The molecule has 0 N–H and O–H groups in total. The van der Waals surface area contributed by atoms with Crippen LogP contribution in [0.15, 0.2) is 24.3 Å². The number of esters is 1. The Labute approximate surface area is 197 Å². The molecule has 2 nitrogen and oxygen atoms in total. The van der Waals surface area contributed by atoms with Gasteiger partial charge in [-0.05, 0) is 84.9 Å². The van der Waals surface area contributed by atoms with Gasteiger partial charge < -0.3 is 4.74 Å². The molecule has 0 bridgehead atoms. The van der Waals surface area contributed by atoms with Gasteiger partial charge in [0.2, 0.25) is 0 Å². The number of halogens is 2. The van der Waals surface area contributed by atoms with Crippen LogP contribution < -0.4 is 0 Å². The van der Waals surface area contributed by atoms with Crippen LogP contribution in [0.1, 0.15) is 106 Å². The molecule has 0 saturated heterocycles. The van der Waals surface area contributed by atoms with E-state index in [9.17, 15) is 13.6 Å². The Hall–Kier alpha value is -1.97. The number of benzene rings is 2. The van der Waals surface area contributed by atoms with E-state index in [1.54, 1.807) is 6.07 Å². The van der Waals surface area contributed by atoms with Crippen molar-refractivity contribution in [3.05, 3.63) is 47.0 Å². The standard InChI is InChI=1S/C29H38F2O2/c1-3-4-5-6-7-8-19-9-10-21-14-22(12-11-20(21)13-19)23-15-24-17-28(31)26(29(32)33-2)18-25(24)27(30)16-23/h15-22H,3-14H2,1-2H3/t19?,20-,21+,22?/m0/s1. The Morgan fingerprint density at radius 1 is 0.909 bits per heavy atom. The highest BCUT2D eigenvalue weighted by Gasteiger charge is 2.36. The third-order valence-electron chi connectivity index (χ3n) is 8.33. The van der Waals surface area contributed by atoms with Crippen molar-refractivity contribution in [2.24, 2.45) is 17.8 Å². The number of carbonyl (C=O) groups excluding carboxylic acids is 1. The van der Waals surface area contributed by atoms with Crippen molar-refractivity contribution >= 4 is 16.7 Å². The lowest BCUT2D eigenvalue weighted by Gasteiger charge is -2.42. The zero-order valence-corrected chi connectivity index (χ0v) is 20.2. The predicted octanol–water partition coefficient (Wildman–Crippen LogP) is 8.57. The number of ether oxygens (including phenoxy) is 1. The van der Waals surface area contributed by atoms with Crippen LogP contribution in [0.3, 0.4) is 0 Å². The van der Waals surface area contributed by atoms with Gasteiger partial charge in [0, 0.05) is 5.39 Å². The van der Waals surface area contributed by atoms with Gasteiger partial charge in [-0.2, -0.15) is 0 Å². The molecule has 2 unspecified atom stereocenters. The summed E-state index contributed by atoms with van der Waals surface area (Å²) in [6, 6.07) is 6.07. The molecule has 0 heterocycles. The van der Waals surface area contributed by atoms with Gasteiger partial charge in [0.05, 0.1) is 12.7 Å². The van der Waals surface area contributed by atoms with Gasteiger partial charge in [0.15, 0.2) is 0 Å². The van der Waals surface area contributed by atoms with Crippen molar-refractivity contribution in [2.75, 3.05) is 7.11 Å². The summed E-state index contributed by atoms with van der Waals surface area (Å²) >= 11 is 0. The average molecular weight is 457 g/mol. The predicted molar refractivity (Wildman–Crippen MR) is 129 cm³/mol. The van der Waals surface area contributed by atoms with Gasteiger partial charge in [-0.25, -0.2) is 13.6 Å². The summed E-state index contributed by atoms with van der Waals surface area (Å²) < 4.78 is 34.1. The lowest BCUT2D eigenvalue weighted by molar-refractivity contribution is 0.0595. The second-order valence-electron chi connectivity index (χ2n) is 10.5. The van der Waals surface area contributed by atoms with Gasteiger partial charge in [0.1, 0.15) is 11.6 Å². The molecule has 2 aliphatic carbocycles. The van der Waals surface area contributed by atoms with Gasteiger partial charge in [-0.3, -0.25) is 0 Å². The summed E-state index contributed by atoms with van der Waals surface area (Å²) in [4.78, 5) is 11.8. The Morgan fingerprint density at radius 3 is 2.45 bits per heavy atom. The Bertz CT molecular complexity index is 970. The lowest BCUT2D eigenvalue weighted by atomic mass is 9.63. The molecule has 0 aromatic heterocycles. The van der Waals surface area contributed by atoms with Gasteiger partial charge in [-0.1, -0.05) is 57.9 Å². The molecule has 2 saturated carbocycles. The first kappa shape index (κ1) is 24.2. The van der Waals surface area contributed by atoms with E-state index in [0.29, 0.717) is 11.3 Å². The fourth-order valence-electron chi connectivity index (χ4n) is 6.45. The monoisotopic (exact) mass is 456 g/mol. The minimum Gasteiger partial charge on any atom is -0.465 e. The molecule has 33 heavy (non-hydrogen) atoms. The van der Waals surface area contributed by atoms with Crippen molar-refractivity contribution in [3.8, 4) is 0 Å². The number of methoxy groups -OCH3 is 1. The number of fused-ring (bicyclic) bond motifs is 2. The summed E-state index contributed by atoms with van der Waals surface area (Å²) in [6.45, 7) is 2.27.